The Balaban J connectivity index is 1.74. The summed E-state index contributed by atoms with van der Waals surface area (Å²) in [5.74, 6) is -0.0816. The largest absolute Gasteiger partial charge is 0.431 e. The molecule has 0 saturated carbocycles. The molecule has 2 heterocycles. The van der Waals surface area contributed by atoms with Crippen LogP contribution in [0.3, 0.4) is 0 Å². The molecule has 0 aliphatic carbocycles. The van der Waals surface area contributed by atoms with Crippen LogP contribution >= 0.6 is 0 Å². The number of nitrogens with zero attached hydrogens (tertiary/aromatic N) is 3. The number of oxazole rings is 1. The van der Waals surface area contributed by atoms with Crippen LogP contribution in [0, 0.1) is 12.7 Å². The highest BCUT2D eigenvalue weighted by Gasteiger charge is 2.29. The predicted octanol–water partition coefficient (Wildman–Crippen LogP) is 4.28. The summed E-state index contributed by atoms with van der Waals surface area (Å²) in [5.41, 5.74) is 2.70. The summed E-state index contributed by atoms with van der Waals surface area (Å²) in [6.45, 7) is 3.02. The SMILES string of the molecule is Cc1nc(-c2ccccc2)oc1C(=O)N1CCCN(C)c2ccc(F)cc21. The highest BCUT2D eigenvalue weighted by atomic mass is 19.1. The van der Waals surface area contributed by atoms with Gasteiger partial charge in [-0.2, -0.15) is 0 Å². The lowest BCUT2D eigenvalue weighted by Crippen LogP contribution is -2.31. The van der Waals surface area contributed by atoms with Gasteiger partial charge < -0.3 is 14.2 Å². The molecule has 0 N–H and O–H groups in total. The fraction of sp³-hybridized carbons (Fsp3) is 0.238. The molecule has 0 saturated heterocycles. The molecule has 6 heteroatoms. The third-order valence-electron chi connectivity index (χ3n) is 4.77. The Morgan fingerprint density at radius 1 is 1.11 bits per heavy atom. The number of halogens is 1. The first-order valence-electron chi connectivity index (χ1n) is 8.90. The first kappa shape index (κ1) is 17.3. The molecule has 3 aromatic rings. The zero-order chi connectivity index (χ0) is 19.0. The van der Waals surface area contributed by atoms with Gasteiger partial charge in [0.05, 0.1) is 17.1 Å². The topological polar surface area (TPSA) is 49.6 Å². The Morgan fingerprint density at radius 2 is 1.89 bits per heavy atom. The predicted molar refractivity (Wildman–Crippen MR) is 103 cm³/mol. The molecule has 1 aromatic heterocycles. The lowest BCUT2D eigenvalue weighted by Gasteiger charge is -2.23. The molecule has 1 aliphatic heterocycles. The smallest absolute Gasteiger partial charge is 0.296 e. The molecule has 1 amide bonds. The van der Waals surface area contributed by atoms with Gasteiger partial charge in [0.25, 0.3) is 5.91 Å². The van der Waals surface area contributed by atoms with Crippen LogP contribution in [0.1, 0.15) is 22.7 Å². The van der Waals surface area contributed by atoms with Gasteiger partial charge in [0.1, 0.15) is 5.82 Å². The molecule has 0 fully saturated rings. The summed E-state index contributed by atoms with van der Waals surface area (Å²) in [7, 11) is 1.94. The van der Waals surface area contributed by atoms with Crippen molar-refractivity contribution >= 4 is 17.3 Å². The van der Waals surface area contributed by atoms with E-state index in [2.05, 4.69) is 4.98 Å². The fourth-order valence-corrected chi connectivity index (χ4v) is 3.38. The van der Waals surface area contributed by atoms with Gasteiger partial charge in [0.15, 0.2) is 0 Å². The highest BCUT2D eigenvalue weighted by Crippen LogP contribution is 2.34. The normalized spacial score (nSPS) is 14.0. The Hall–Kier alpha value is -3.15. The molecule has 0 unspecified atom stereocenters. The molecule has 1 aliphatic rings. The Bertz CT molecular complexity index is 984. The molecular formula is C21H20FN3O2. The number of aromatic nitrogens is 1. The van der Waals surface area contributed by atoms with Crippen LogP contribution in [0.2, 0.25) is 0 Å². The number of amides is 1. The van der Waals surface area contributed by atoms with Gasteiger partial charge in [-0.15, -0.1) is 0 Å². The molecule has 0 spiro atoms. The first-order valence-corrected chi connectivity index (χ1v) is 8.90. The zero-order valence-corrected chi connectivity index (χ0v) is 15.3. The third-order valence-corrected chi connectivity index (χ3v) is 4.77. The van der Waals surface area contributed by atoms with Crippen LogP contribution < -0.4 is 9.80 Å². The van der Waals surface area contributed by atoms with Crippen LogP contribution in [0.5, 0.6) is 0 Å². The van der Waals surface area contributed by atoms with E-state index in [9.17, 15) is 9.18 Å². The molecule has 4 rings (SSSR count). The minimum Gasteiger partial charge on any atom is -0.431 e. The van der Waals surface area contributed by atoms with Crippen LogP contribution in [0.4, 0.5) is 15.8 Å². The van der Waals surface area contributed by atoms with E-state index < -0.39 is 0 Å². The summed E-state index contributed by atoms with van der Waals surface area (Å²) in [4.78, 5) is 21.3. The van der Waals surface area contributed by atoms with Crippen molar-refractivity contribution in [3.05, 3.63) is 65.8 Å². The van der Waals surface area contributed by atoms with Crippen molar-refractivity contribution in [3.63, 3.8) is 0 Å². The average molecular weight is 365 g/mol. The summed E-state index contributed by atoms with van der Waals surface area (Å²) in [6, 6.07) is 14.0. The van der Waals surface area contributed by atoms with Gasteiger partial charge in [0.2, 0.25) is 11.7 Å². The zero-order valence-electron chi connectivity index (χ0n) is 15.3. The summed E-state index contributed by atoms with van der Waals surface area (Å²) >= 11 is 0. The van der Waals surface area contributed by atoms with Crippen LogP contribution in [-0.2, 0) is 0 Å². The lowest BCUT2D eigenvalue weighted by atomic mass is 10.2. The average Bonchev–Trinajstić information content (AvgIpc) is 2.99. The third kappa shape index (κ3) is 3.18. The van der Waals surface area contributed by atoms with E-state index in [1.165, 1.54) is 12.1 Å². The van der Waals surface area contributed by atoms with E-state index in [-0.39, 0.29) is 17.5 Å². The lowest BCUT2D eigenvalue weighted by molar-refractivity contribution is 0.0960. The maximum atomic E-state index is 13.9. The standard InChI is InChI=1S/C21H20FN3O2/c1-14-19(27-20(23-14)15-7-4-3-5-8-15)21(26)25-12-6-11-24(2)17-10-9-16(22)13-18(17)25/h3-5,7-10,13H,6,11-12H2,1-2H3. The highest BCUT2D eigenvalue weighted by molar-refractivity contribution is 6.07. The first-order chi connectivity index (χ1) is 13.0. The van der Waals surface area contributed by atoms with E-state index in [1.807, 2.05) is 42.3 Å². The minimum atomic E-state index is -0.374. The van der Waals surface area contributed by atoms with Gasteiger partial charge in [0, 0.05) is 25.7 Å². The van der Waals surface area contributed by atoms with E-state index in [0.29, 0.717) is 23.8 Å². The van der Waals surface area contributed by atoms with Gasteiger partial charge >= 0.3 is 0 Å². The molecule has 2 aromatic carbocycles. The van der Waals surface area contributed by atoms with Crippen molar-refractivity contribution in [2.24, 2.45) is 0 Å². The Labute approximate surface area is 157 Å². The van der Waals surface area contributed by atoms with Crippen molar-refractivity contribution in [1.29, 1.82) is 0 Å². The van der Waals surface area contributed by atoms with E-state index in [1.54, 1.807) is 17.9 Å². The number of hydrogen-bond donors (Lipinski definition) is 0. The fourth-order valence-electron chi connectivity index (χ4n) is 3.38. The van der Waals surface area contributed by atoms with Crippen LogP contribution in [0.15, 0.2) is 52.9 Å². The Kier molecular flexibility index (Phi) is 4.39. The Morgan fingerprint density at radius 3 is 2.67 bits per heavy atom. The van der Waals surface area contributed by atoms with Crippen molar-refractivity contribution in [1.82, 2.24) is 4.98 Å². The van der Waals surface area contributed by atoms with E-state index in [0.717, 1.165) is 24.2 Å². The van der Waals surface area contributed by atoms with Gasteiger partial charge in [-0.05, 0) is 43.7 Å². The summed E-state index contributed by atoms with van der Waals surface area (Å²) in [5, 5.41) is 0. The molecule has 138 valence electrons. The molecule has 5 nitrogen and oxygen atoms in total. The van der Waals surface area contributed by atoms with Crippen LogP contribution in [0.25, 0.3) is 11.5 Å². The molecule has 27 heavy (non-hydrogen) atoms. The molecular weight excluding hydrogens is 345 g/mol. The van der Waals surface area contributed by atoms with E-state index >= 15 is 0 Å². The number of rotatable bonds is 2. The number of aryl methyl sites for hydroxylation is 1. The second-order valence-corrected chi connectivity index (χ2v) is 6.66. The second-order valence-electron chi connectivity index (χ2n) is 6.66. The number of benzene rings is 2. The van der Waals surface area contributed by atoms with Crippen molar-refractivity contribution in [3.8, 4) is 11.5 Å². The number of anilines is 2. The van der Waals surface area contributed by atoms with Gasteiger partial charge in [-0.1, -0.05) is 18.2 Å². The van der Waals surface area contributed by atoms with Crippen molar-refractivity contribution in [2.75, 3.05) is 29.9 Å². The quantitative estimate of drug-likeness (QED) is 0.680. The monoisotopic (exact) mass is 365 g/mol. The van der Waals surface area contributed by atoms with Crippen LogP contribution in [-0.4, -0.2) is 31.0 Å². The van der Waals surface area contributed by atoms with Crippen molar-refractivity contribution in [2.45, 2.75) is 13.3 Å². The summed E-state index contributed by atoms with van der Waals surface area (Å²) in [6.07, 6.45) is 0.775. The minimum absolute atomic E-state index is 0.189. The van der Waals surface area contributed by atoms with Crippen molar-refractivity contribution < 1.29 is 13.6 Å². The summed E-state index contributed by atoms with van der Waals surface area (Å²) < 4.78 is 19.7. The van der Waals surface area contributed by atoms with E-state index in [4.69, 9.17) is 4.42 Å². The van der Waals surface area contributed by atoms with Gasteiger partial charge in [-0.3, -0.25) is 4.79 Å². The number of carbonyl (C=O) groups is 1. The molecule has 0 bridgehead atoms. The molecule has 0 atom stereocenters. The maximum absolute atomic E-state index is 13.9. The second kappa shape index (κ2) is 6.87. The maximum Gasteiger partial charge on any atom is 0.296 e. The molecule has 0 radical (unpaired) electrons. The number of fused-ring (bicyclic) bond motifs is 1. The van der Waals surface area contributed by atoms with Gasteiger partial charge in [-0.25, -0.2) is 9.37 Å². The number of hydrogen-bond acceptors (Lipinski definition) is 4. The number of carbonyl (C=O) groups excluding carboxylic acids is 1.